The molecule has 0 aromatic heterocycles. The number of aliphatic hydroxyl groups is 1. The fraction of sp³-hybridized carbons (Fsp3) is 0.364. The van der Waals surface area contributed by atoms with Gasteiger partial charge in [-0.2, -0.15) is 0 Å². The van der Waals surface area contributed by atoms with Crippen LogP contribution in [0.2, 0.25) is 0 Å². The maximum Gasteiger partial charge on any atom is 0.196 e. The zero-order valence-corrected chi connectivity index (χ0v) is 8.96. The van der Waals surface area contributed by atoms with Crippen molar-refractivity contribution in [2.75, 3.05) is 12.4 Å². The third kappa shape index (κ3) is 3.16. The van der Waals surface area contributed by atoms with Crippen molar-refractivity contribution >= 4 is 16.9 Å². The minimum atomic E-state index is -0.0900. The minimum absolute atomic E-state index is 0.0535. The lowest BCUT2D eigenvalue weighted by molar-refractivity contribution is -0.111. The van der Waals surface area contributed by atoms with Crippen molar-refractivity contribution < 1.29 is 9.90 Å². The van der Waals surface area contributed by atoms with Gasteiger partial charge in [-0.25, -0.2) is 0 Å². The molecule has 0 fully saturated rings. The average Bonchev–Trinajstić information content (AvgIpc) is 2.26. The maximum absolute atomic E-state index is 11.6. The van der Waals surface area contributed by atoms with E-state index in [4.69, 9.17) is 5.11 Å². The Labute approximate surface area is 88.3 Å². The number of rotatable bonds is 4. The van der Waals surface area contributed by atoms with Gasteiger partial charge in [0.2, 0.25) is 0 Å². The summed E-state index contributed by atoms with van der Waals surface area (Å²) in [6.45, 7) is 1.94. The highest BCUT2D eigenvalue weighted by molar-refractivity contribution is 8.13. The van der Waals surface area contributed by atoms with Gasteiger partial charge in [-0.05, 0) is 5.56 Å². The van der Waals surface area contributed by atoms with E-state index < -0.39 is 0 Å². The second-order valence-electron chi connectivity index (χ2n) is 3.02. The molecule has 0 aliphatic heterocycles. The van der Waals surface area contributed by atoms with Crippen molar-refractivity contribution in [3.63, 3.8) is 0 Å². The summed E-state index contributed by atoms with van der Waals surface area (Å²) in [5, 5.41) is 8.71. The van der Waals surface area contributed by atoms with Gasteiger partial charge in [-0.1, -0.05) is 49.0 Å². The molecule has 14 heavy (non-hydrogen) atoms. The number of hydrogen-bond acceptors (Lipinski definition) is 3. The van der Waals surface area contributed by atoms with Crippen molar-refractivity contribution in [2.45, 2.75) is 12.8 Å². The van der Waals surface area contributed by atoms with Crippen molar-refractivity contribution in [3.05, 3.63) is 35.9 Å². The van der Waals surface area contributed by atoms with Gasteiger partial charge >= 0.3 is 0 Å². The molecule has 0 saturated carbocycles. The second-order valence-corrected chi connectivity index (χ2v) is 4.12. The molecule has 1 rings (SSSR count). The van der Waals surface area contributed by atoms with Crippen LogP contribution in [0.3, 0.4) is 0 Å². The highest BCUT2D eigenvalue weighted by atomic mass is 32.2. The Kier molecular flexibility index (Phi) is 4.70. The van der Waals surface area contributed by atoms with Crippen LogP contribution in [0.1, 0.15) is 18.4 Å². The van der Waals surface area contributed by atoms with Crippen LogP contribution in [0.25, 0.3) is 0 Å². The molecule has 1 aromatic carbocycles. The van der Waals surface area contributed by atoms with E-state index in [0.717, 1.165) is 5.56 Å². The van der Waals surface area contributed by atoms with Gasteiger partial charge in [0.1, 0.15) is 0 Å². The Balaban J connectivity index is 2.57. The summed E-state index contributed by atoms with van der Waals surface area (Å²) in [4.78, 5) is 11.6. The Hall–Kier alpha value is -0.800. The van der Waals surface area contributed by atoms with Crippen LogP contribution >= 0.6 is 11.8 Å². The molecule has 1 aromatic rings. The Morgan fingerprint density at radius 3 is 2.64 bits per heavy atom. The fourth-order valence-electron chi connectivity index (χ4n) is 1.15. The van der Waals surface area contributed by atoms with Gasteiger partial charge < -0.3 is 5.11 Å². The summed E-state index contributed by atoms with van der Waals surface area (Å²) >= 11 is 1.19. The van der Waals surface area contributed by atoms with E-state index in [1.54, 1.807) is 0 Å². The topological polar surface area (TPSA) is 37.3 Å². The van der Waals surface area contributed by atoms with Gasteiger partial charge in [-0.3, -0.25) is 4.79 Å². The van der Waals surface area contributed by atoms with Gasteiger partial charge in [0.15, 0.2) is 5.12 Å². The van der Waals surface area contributed by atoms with Gasteiger partial charge in [0, 0.05) is 5.75 Å². The molecule has 0 aliphatic rings. The van der Waals surface area contributed by atoms with E-state index >= 15 is 0 Å². The lowest BCUT2D eigenvalue weighted by Crippen LogP contribution is -2.06. The third-order valence-electron chi connectivity index (χ3n) is 1.99. The lowest BCUT2D eigenvalue weighted by atomic mass is 10.0. The molecular formula is C11H14O2S. The largest absolute Gasteiger partial charge is 0.396 e. The lowest BCUT2D eigenvalue weighted by Gasteiger charge is -2.09. The molecule has 0 bridgehead atoms. The van der Waals surface area contributed by atoms with E-state index in [1.165, 1.54) is 11.8 Å². The molecule has 1 N–H and O–H groups in total. The zero-order chi connectivity index (χ0) is 10.4. The first kappa shape index (κ1) is 11.3. The predicted molar refractivity (Wildman–Crippen MR) is 59.4 cm³/mol. The first-order valence-corrected chi connectivity index (χ1v) is 5.56. The number of aliphatic hydroxyl groups excluding tert-OH is 1. The van der Waals surface area contributed by atoms with E-state index in [1.807, 2.05) is 37.3 Å². The number of hydrogen-bond donors (Lipinski definition) is 1. The van der Waals surface area contributed by atoms with E-state index in [-0.39, 0.29) is 17.6 Å². The number of thioether (sulfide) groups is 1. The van der Waals surface area contributed by atoms with Crippen LogP contribution in [0, 0.1) is 0 Å². The van der Waals surface area contributed by atoms with Crippen molar-refractivity contribution in [2.24, 2.45) is 0 Å². The average molecular weight is 210 g/mol. The monoisotopic (exact) mass is 210 g/mol. The molecule has 2 nitrogen and oxygen atoms in total. The van der Waals surface area contributed by atoms with E-state index in [9.17, 15) is 4.79 Å². The van der Waals surface area contributed by atoms with Crippen LogP contribution in [0.4, 0.5) is 0 Å². The minimum Gasteiger partial charge on any atom is -0.396 e. The molecule has 76 valence electrons. The summed E-state index contributed by atoms with van der Waals surface area (Å²) in [6, 6.07) is 9.68. The van der Waals surface area contributed by atoms with Crippen LogP contribution in [0.5, 0.6) is 0 Å². The molecule has 3 heteroatoms. The van der Waals surface area contributed by atoms with E-state index in [0.29, 0.717) is 5.75 Å². The zero-order valence-electron chi connectivity index (χ0n) is 8.14. The molecule has 1 atom stereocenters. The van der Waals surface area contributed by atoms with Crippen molar-refractivity contribution in [1.82, 2.24) is 0 Å². The summed E-state index contributed by atoms with van der Waals surface area (Å²) in [5.74, 6) is 0.392. The standard InChI is InChI=1S/C11H14O2S/c1-9(11(13)14-8-7-12)10-5-3-2-4-6-10/h2-6,9,12H,7-8H2,1H3. The summed E-state index contributed by atoms with van der Waals surface area (Å²) in [6.07, 6.45) is 0. The summed E-state index contributed by atoms with van der Waals surface area (Å²) in [5.41, 5.74) is 1.03. The molecule has 1 unspecified atom stereocenters. The summed E-state index contributed by atoms with van der Waals surface area (Å²) in [7, 11) is 0. The van der Waals surface area contributed by atoms with Crippen molar-refractivity contribution in [3.8, 4) is 0 Å². The number of benzene rings is 1. The van der Waals surface area contributed by atoms with Crippen LogP contribution in [0.15, 0.2) is 30.3 Å². The summed E-state index contributed by atoms with van der Waals surface area (Å²) < 4.78 is 0. The molecular weight excluding hydrogens is 196 g/mol. The highest BCUT2D eigenvalue weighted by Crippen LogP contribution is 2.21. The van der Waals surface area contributed by atoms with Crippen LogP contribution in [-0.4, -0.2) is 22.6 Å². The molecule has 0 radical (unpaired) electrons. The Morgan fingerprint density at radius 1 is 1.43 bits per heavy atom. The maximum atomic E-state index is 11.6. The second kappa shape index (κ2) is 5.83. The van der Waals surface area contributed by atoms with Crippen LogP contribution < -0.4 is 0 Å². The normalized spacial score (nSPS) is 12.4. The number of carbonyl (C=O) groups excluding carboxylic acids is 1. The Morgan fingerprint density at radius 2 is 2.07 bits per heavy atom. The number of carbonyl (C=O) groups is 1. The third-order valence-corrected chi connectivity index (χ3v) is 3.01. The van der Waals surface area contributed by atoms with Gasteiger partial charge in [0.05, 0.1) is 12.5 Å². The fourth-order valence-corrected chi connectivity index (χ4v) is 1.83. The molecule has 0 spiro atoms. The molecule has 0 saturated heterocycles. The van der Waals surface area contributed by atoms with Gasteiger partial charge in [-0.15, -0.1) is 0 Å². The first-order valence-electron chi connectivity index (χ1n) is 4.58. The first-order chi connectivity index (χ1) is 6.75. The van der Waals surface area contributed by atoms with Crippen molar-refractivity contribution in [1.29, 1.82) is 0 Å². The predicted octanol–water partition coefficient (Wildman–Crippen LogP) is 2.04. The molecule has 0 amide bonds. The SMILES string of the molecule is CC(C(=O)SCCO)c1ccccc1. The molecule has 0 heterocycles. The van der Waals surface area contributed by atoms with Crippen LogP contribution in [-0.2, 0) is 4.79 Å². The highest BCUT2D eigenvalue weighted by Gasteiger charge is 2.14. The Bertz CT molecular complexity index is 285. The van der Waals surface area contributed by atoms with E-state index in [2.05, 4.69) is 0 Å². The quantitative estimate of drug-likeness (QED) is 0.826. The smallest absolute Gasteiger partial charge is 0.196 e. The molecule has 0 aliphatic carbocycles. The van der Waals surface area contributed by atoms with Gasteiger partial charge in [0.25, 0.3) is 0 Å².